The highest BCUT2D eigenvalue weighted by Gasteiger charge is 2.30. The minimum Gasteiger partial charge on any atom is -0.460 e. The van der Waals surface area contributed by atoms with Crippen LogP contribution in [0.25, 0.3) is 5.52 Å². The standard InChI is InChI=1S/C25H30F3N5O3S/c1-16-13-21-19(3-2-9-33(21)31-16)23(34)29-17-4-5-18(35-14-17)6-10-32-11-7-20-22(8-12-32)37-24(30-20)36-15-25(26,27)28/h2-3,9,13,17-18H,4-8,10-12,14-15H2,1H3,(H,29,34)/t17-,18?/m0/s1. The predicted octanol–water partition coefficient (Wildman–Crippen LogP) is 3.81. The summed E-state index contributed by atoms with van der Waals surface area (Å²) in [6.45, 7) is 3.60. The van der Waals surface area contributed by atoms with E-state index < -0.39 is 12.8 Å². The molecule has 3 aromatic heterocycles. The smallest absolute Gasteiger partial charge is 0.422 e. The fourth-order valence-electron chi connectivity index (χ4n) is 4.88. The Hall–Kier alpha value is -2.70. The van der Waals surface area contributed by atoms with Crippen molar-refractivity contribution < 1.29 is 27.4 Å². The number of alkyl halides is 3. The molecule has 3 aromatic rings. The monoisotopic (exact) mass is 537 g/mol. The van der Waals surface area contributed by atoms with Gasteiger partial charge in [-0.25, -0.2) is 9.50 Å². The Kier molecular flexibility index (Phi) is 7.68. The number of aromatic nitrogens is 3. The normalized spacial score (nSPS) is 21.0. The molecule has 1 unspecified atom stereocenters. The zero-order valence-corrected chi connectivity index (χ0v) is 21.4. The van der Waals surface area contributed by atoms with Crippen LogP contribution in [-0.4, -0.2) is 76.6 Å². The van der Waals surface area contributed by atoms with Crippen LogP contribution >= 0.6 is 11.3 Å². The Bertz CT molecular complexity index is 1210. The number of ether oxygens (including phenoxy) is 2. The minimum absolute atomic E-state index is 0.0259. The lowest BCUT2D eigenvalue weighted by Gasteiger charge is -2.31. The number of nitrogens with one attached hydrogen (secondary N) is 1. The second-order valence-electron chi connectivity index (χ2n) is 9.62. The summed E-state index contributed by atoms with van der Waals surface area (Å²) >= 11 is 1.22. The average molecular weight is 538 g/mol. The maximum Gasteiger partial charge on any atom is 0.422 e. The Morgan fingerprint density at radius 1 is 1.30 bits per heavy atom. The Labute approximate surface area is 216 Å². The molecule has 0 bridgehead atoms. The van der Waals surface area contributed by atoms with Crippen LogP contribution in [0.15, 0.2) is 24.4 Å². The van der Waals surface area contributed by atoms with Crippen molar-refractivity contribution in [2.45, 2.75) is 57.3 Å². The summed E-state index contributed by atoms with van der Waals surface area (Å²) in [5.74, 6) is -0.116. The quantitative estimate of drug-likeness (QED) is 0.494. The summed E-state index contributed by atoms with van der Waals surface area (Å²) in [5.41, 5.74) is 3.10. The van der Waals surface area contributed by atoms with E-state index in [1.54, 1.807) is 4.52 Å². The van der Waals surface area contributed by atoms with Crippen molar-refractivity contribution in [3.63, 3.8) is 0 Å². The lowest BCUT2D eigenvalue weighted by molar-refractivity contribution is -0.153. The van der Waals surface area contributed by atoms with Crippen LogP contribution in [0.5, 0.6) is 5.19 Å². The van der Waals surface area contributed by atoms with Crippen LogP contribution in [0.2, 0.25) is 0 Å². The first-order valence-electron chi connectivity index (χ1n) is 12.5. The molecular weight excluding hydrogens is 507 g/mol. The molecule has 1 fully saturated rings. The van der Waals surface area contributed by atoms with Gasteiger partial charge in [0, 0.05) is 37.1 Å². The number of nitrogens with zero attached hydrogens (tertiary/aromatic N) is 4. The molecule has 0 saturated carbocycles. The maximum atomic E-state index is 12.9. The van der Waals surface area contributed by atoms with Crippen molar-refractivity contribution in [3.8, 4) is 5.19 Å². The van der Waals surface area contributed by atoms with Gasteiger partial charge in [-0.2, -0.15) is 18.3 Å². The summed E-state index contributed by atoms with van der Waals surface area (Å²) in [7, 11) is 0. The van der Waals surface area contributed by atoms with Gasteiger partial charge in [-0.1, -0.05) is 11.3 Å². The molecular formula is C25H30F3N5O3S. The first kappa shape index (κ1) is 25.9. The third-order valence-electron chi connectivity index (χ3n) is 6.78. The zero-order chi connectivity index (χ0) is 26.0. The molecule has 1 N–H and O–H groups in total. The van der Waals surface area contributed by atoms with Crippen molar-refractivity contribution in [1.82, 2.24) is 24.8 Å². The fourth-order valence-corrected chi connectivity index (χ4v) is 5.82. The highest BCUT2D eigenvalue weighted by atomic mass is 32.1. The van der Waals surface area contributed by atoms with Crippen molar-refractivity contribution in [2.24, 2.45) is 0 Å². The lowest BCUT2D eigenvalue weighted by Crippen LogP contribution is -2.43. The lowest BCUT2D eigenvalue weighted by atomic mass is 10.0. The summed E-state index contributed by atoms with van der Waals surface area (Å²) < 4.78 is 49.8. The molecule has 1 amide bonds. The van der Waals surface area contributed by atoms with Gasteiger partial charge >= 0.3 is 6.18 Å². The van der Waals surface area contributed by atoms with Gasteiger partial charge in [0.15, 0.2) is 6.61 Å². The van der Waals surface area contributed by atoms with E-state index in [0.717, 1.165) is 67.1 Å². The van der Waals surface area contributed by atoms with Gasteiger partial charge in [0.1, 0.15) is 0 Å². The third kappa shape index (κ3) is 6.60. The first-order valence-corrected chi connectivity index (χ1v) is 13.3. The van der Waals surface area contributed by atoms with Crippen molar-refractivity contribution in [2.75, 3.05) is 32.8 Å². The predicted molar refractivity (Wildman–Crippen MR) is 132 cm³/mol. The van der Waals surface area contributed by atoms with Gasteiger partial charge in [-0.15, -0.1) is 0 Å². The number of fused-ring (bicyclic) bond motifs is 2. The van der Waals surface area contributed by atoms with Crippen LogP contribution in [0.4, 0.5) is 13.2 Å². The van der Waals surface area contributed by atoms with Gasteiger partial charge < -0.3 is 19.7 Å². The van der Waals surface area contributed by atoms with Crippen LogP contribution in [0, 0.1) is 6.92 Å². The number of hydrogen-bond donors (Lipinski definition) is 1. The van der Waals surface area contributed by atoms with E-state index in [1.165, 1.54) is 11.3 Å². The van der Waals surface area contributed by atoms with Crippen LogP contribution in [0.1, 0.15) is 45.9 Å². The summed E-state index contributed by atoms with van der Waals surface area (Å²) in [6.07, 6.45) is 1.71. The molecule has 37 heavy (non-hydrogen) atoms. The Morgan fingerprint density at radius 3 is 2.92 bits per heavy atom. The summed E-state index contributed by atoms with van der Waals surface area (Å²) in [6, 6.07) is 5.51. The number of carbonyl (C=O) groups excluding carboxylic acids is 1. The highest BCUT2D eigenvalue weighted by Crippen LogP contribution is 2.30. The molecule has 12 heteroatoms. The van der Waals surface area contributed by atoms with Gasteiger partial charge in [0.05, 0.1) is 41.2 Å². The average Bonchev–Trinajstić information content (AvgIpc) is 3.39. The molecule has 2 aliphatic rings. The van der Waals surface area contributed by atoms with Gasteiger partial charge in [-0.3, -0.25) is 4.79 Å². The second kappa shape index (κ2) is 11.0. The Morgan fingerprint density at radius 2 is 2.14 bits per heavy atom. The largest absolute Gasteiger partial charge is 0.460 e. The van der Waals surface area contributed by atoms with E-state index in [4.69, 9.17) is 9.47 Å². The molecule has 200 valence electrons. The first-order chi connectivity index (χ1) is 17.7. The SMILES string of the molecule is Cc1cc2c(C(=O)N[C@H]3CCC(CCN4CCc5nc(OCC(F)(F)F)sc5CC4)OC3)cccn2n1. The fraction of sp³-hybridized carbons (Fsp3) is 0.560. The number of amides is 1. The van der Waals surface area contributed by atoms with E-state index >= 15 is 0 Å². The summed E-state index contributed by atoms with van der Waals surface area (Å²) in [4.78, 5) is 20.5. The van der Waals surface area contributed by atoms with Gasteiger partial charge in [0.2, 0.25) is 0 Å². The van der Waals surface area contributed by atoms with Crippen LogP contribution in [-0.2, 0) is 17.6 Å². The Balaban J connectivity index is 1.04. The molecule has 0 aromatic carbocycles. The molecule has 0 aliphatic carbocycles. The van der Waals surface area contributed by atoms with Crippen LogP contribution < -0.4 is 10.1 Å². The second-order valence-corrected chi connectivity index (χ2v) is 10.7. The highest BCUT2D eigenvalue weighted by molar-refractivity contribution is 7.13. The maximum absolute atomic E-state index is 12.9. The molecule has 5 rings (SSSR count). The molecule has 8 nitrogen and oxygen atoms in total. The number of halogens is 3. The van der Waals surface area contributed by atoms with E-state index in [1.807, 2.05) is 31.3 Å². The van der Waals surface area contributed by atoms with E-state index in [2.05, 4.69) is 20.3 Å². The molecule has 1 saturated heterocycles. The molecule has 5 heterocycles. The van der Waals surface area contributed by atoms with Crippen molar-refractivity contribution in [1.29, 1.82) is 0 Å². The molecule has 0 radical (unpaired) electrons. The van der Waals surface area contributed by atoms with Gasteiger partial charge in [0.25, 0.3) is 11.1 Å². The number of rotatable bonds is 7. The van der Waals surface area contributed by atoms with E-state index in [9.17, 15) is 18.0 Å². The zero-order valence-electron chi connectivity index (χ0n) is 20.6. The number of carbonyl (C=O) groups is 1. The van der Waals surface area contributed by atoms with Crippen molar-refractivity contribution in [3.05, 3.63) is 46.2 Å². The summed E-state index contributed by atoms with van der Waals surface area (Å²) in [5, 5.41) is 7.58. The topological polar surface area (TPSA) is 81.0 Å². The molecule has 0 spiro atoms. The van der Waals surface area contributed by atoms with Crippen LogP contribution in [0.3, 0.4) is 0 Å². The molecule has 2 atom stereocenters. The van der Waals surface area contributed by atoms with E-state index in [-0.39, 0.29) is 23.2 Å². The van der Waals surface area contributed by atoms with E-state index in [0.29, 0.717) is 18.6 Å². The minimum atomic E-state index is -4.36. The third-order valence-corrected chi connectivity index (χ3v) is 7.85. The molecule has 2 aliphatic heterocycles. The number of thiazole rings is 1. The number of hydrogen-bond acceptors (Lipinski definition) is 7. The van der Waals surface area contributed by atoms with Crippen molar-refractivity contribution >= 4 is 22.8 Å². The number of aryl methyl sites for hydroxylation is 1. The number of pyridine rings is 1. The van der Waals surface area contributed by atoms with Gasteiger partial charge in [-0.05, 0) is 50.8 Å².